The summed E-state index contributed by atoms with van der Waals surface area (Å²) in [6.07, 6.45) is 1.75. The number of hydrogen-bond acceptors (Lipinski definition) is 3. The third-order valence-corrected chi connectivity index (χ3v) is 4.30. The fourth-order valence-electron chi connectivity index (χ4n) is 2.36. The van der Waals surface area contributed by atoms with Crippen LogP contribution < -0.4 is 10.6 Å². The molecule has 2 aromatic rings. The van der Waals surface area contributed by atoms with Crippen molar-refractivity contribution in [3.8, 4) is 0 Å². The Morgan fingerprint density at radius 3 is 3.00 bits per heavy atom. The third kappa shape index (κ3) is 2.55. The molecule has 3 rings (SSSR count). The summed E-state index contributed by atoms with van der Waals surface area (Å²) in [5.74, 6) is 0.516. The second-order valence-corrected chi connectivity index (χ2v) is 6.14. The fourth-order valence-corrected chi connectivity index (χ4v) is 2.71. The van der Waals surface area contributed by atoms with E-state index < -0.39 is 0 Å². The molecule has 4 nitrogen and oxygen atoms in total. The number of aromatic nitrogens is 1. The summed E-state index contributed by atoms with van der Waals surface area (Å²) in [7, 11) is 0. The van der Waals surface area contributed by atoms with Crippen molar-refractivity contribution < 1.29 is 4.79 Å². The molecule has 20 heavy (non-hydrogen) atoms. The minimum atomic E-state index is 0.0157. The van der Waals surface area contributed by atoms with Gasteiger partial charge in [0.15, 0.2) is 0 Å². The molecule has 1 aliphatic rings. The highest BCUT2D eigenvalue weighted by molar-refractivity contribution is 9.10. The first-order valence-electron chi connectivity index (χ1n) is 6.71. The van der Waals surface area contributed by atoms with Gasteiger partial charge in [-0.25, -0.2) is 0 Å². The monoisotopic (exact) mass is 333 g/mol. The van der Waals surface area contributed by atoms with Crippen LogP contribution in [0.4, 0.5) is 5.69 Å². The number of anilines is 1. The Labute approximate surface area is 126 Å². The van der Waals surface area contributed by atoms with Crippen molar-refractivity contribution in [3.05, 3.63) is 34.9 Å². The maximum atomic E-state index is 12.3. The molecular formula is C15H16BrN3O. The summed E-state index contributed by atoms with van der Waals surface area (Å²) in [6.45, 7) is 3.83. The maximum absolute atomic E-state index is 12.3. The lowest BCUT2D eigenvalue weighted by Crippen LogP contribution is -2.48. The van der Waals surface area contributed by atoms with Gasteiger partial charge in [-0.2, -0.15) is 0 Å². The molecule has 1 aliphatic heterocycles. The van der Waals surface area contributed by atoms with Gasteiger partial charge < -0.3 is 10.6 Å². The molecule has 2 heterocycles. The normalized spacial score (nSPS) is 16.7. The zero-order chi connectivity index (χ0) is 14.1. The number of fused-ring (bicyclic) bond motifs is 1. The summed E-state index contributed by atoms with van der Waals surface area (Å²) < 4.78 is 0.933. The second-order valence-electron chi connectivity index (χ2n) is 5.23. The first kappa shape index (κ1) is 13.5. The largest absolute Gasteiger partial charge is 0.324 e. The smallest absolute Gasteiger partial charge is 0.227 e. The number of carbonyl (C=O) groups excluding carboxylic acids is 1. The van der Waals surface area contributed by atoms with E-state index in [1.54, 1.807) is 6.20 Å². The van der Waals surface area contributed by atoms with Gasteiger partial charge >= 0.3 is 0 Å². The molecular weight excluding hydrogens is 318 g/mol. The number of nitrogens with one attached hydrogen (secondary N) is 2. The van der Waals surface area contributed by atoms with E-state index in [2.05, 4.69) is 31.5 Å². The molecule has 1 saturated heterocycles. The molecule has 1 amide bonds. The Kier molecular flexibility index (Phi) is 3.72. The van der Waals surface area contributed by atoms with Crippen molar-refractivity contribution >= 4 is 38.4 Å². The van der Waals surface area contributed by atoms with Crippen LogP contribution in [-0.4, -0.2) is 24.0 Å². The predicted octanol–water partition coefficient (Wildman–Crippen LogP) is 2.79. The Hall–Kier alpha value is -1.46. The number of nitrogens with zero attached hydrogens (tertiary/aromatic N) is 1. The summed E-state index contributed by atoms with van der Waals surface area (Å²) in [5, 5.41) is 7.22. The van der Waals surface area contributed by atoms with Crippen molar-refractivity contribution in [3.63, 3.8) is 0 Å². The first-order chi connectivity index (χ1) is 9.65. The summed E-state index contributed by atoms with van der Waals surface area (Å²) >= 11 is 3.41. The standard InChI is InChI=1S/C15H16BrN3O/c1-9(11-6-17-7-11)15(20)19-13-4-2-3-10-5-12(16)8-18-14(10)13/h2-5,8-9,11,17H,6-7H2,1H3,(H,19,20). The third-order valence-electron chi connectivity index (χ3n) is 3.87. The van der Waals surface area contributed by atoms with Gasteiger partial charge in [0, 0.05) is 22.0 Å². The number of carbonyl (C=O) groups is 1. The first-order valence-corrected chi connectivity index (χ1v) is 7.50. The Bertz CT molecular complexity index is 655. The molecule has 1 aromatic heterocycles. The highest BCUT2D eigenvalue weighted by Crippen LogP contribution is 2.25. The van der Waals surface area contributed by atoms with Gasteiger partial charge in [-0.1, -0.05) is 19.1 Å². The van der Waals surface area contributed by atoms with Crippen molar-refractivity contribution in [2.75, 3.05) is 18.4 Å². The molecule has 1 aromatic carbocycles. The number of rotatable bonds is 3. The Balaban J connectivity index is 1.85. The van der Waals surface area contributed by atoms with Crippen LogP contribution in [0.15, 0.2) is 34.9 Å². The lowest BCUT2D eigenvalue weighted by molar-refractivity contribution is -0.121. The highest BCUT2D eigenvalue weighted by atomic mass is 79.9. The van der Waals surface area contributed by atoms with Gasteiger partial charge in [-0.05, 0) is 47.1 Å². The van der Waals surface area contributed by atoms with Gasteiger partial charge in [0.05, 0.1) is 11.2 Å². The maximum Gasteiger partial charge on any atom is 0.227 e. The quantitative estimate of drug-likeness (QED) is 0.908. The molecule has 0 spiro atoms. The molecule has 0 radical (unpaired) electrons. The molecule has 1 unspecified atom stereocenters. The van der Waals surface area contributed by atoms with Crippen LogP contribution in [0.2, 0.25) is 0 Å². The van der Waals surface area contributed by atoms with E-state index in [1.807, 2.05) is 31.2 Å². The lowest BCUT2D eigenvalue weighted by Gasteiger charge is -2.31. The van der Waals surface area contributed by atoms with E-state index >= 15 is 0 Å². The minimum absolute atomic E-state index is 0.0157. The minimum Gasteiger partial charge on any atom is -0.324 e. The molecule has 2 N–H and O–H groups in total. The summed E-state index contributed by atoms with van der Waals surface area (Å²) in [4.78, 5) is 16.7. The zero-order valence-electron chi connectivity index (χ0n) is 11.2. The van der Waals surface area contributed by atoms with Crippen LogP contribution in [0.3, 0.4) is 0 Å². The van der Waals surface area contributed by atoms with Gasteiger partial charge in [-0.3, -0.25) is 9.78 Å². The lowest BCUT2D eigenvalue weighted by atomic mass is 9.88. The van der Waals surface area contributed by atoms with Crippen LogP contribution in [0, 0.1) is 11.8 Å². The average Bonchev–Trinajstić information content (AvgIpc) is 2.36. The van der Waals surface area contributed by atoms with Crippen LogP contribution in [0.1, 0.15) is 6.92 Å². The van der Waals surface area contributed by atoms with E-state index in [9.17, 15) is 4.79 Å². The Morgan fingerprint density at radius 2 is 2.30 bits per heavy atom. The molecule has 0 saturated carbocycles. The van der Waals surface area contributed by atoms with Crippen LogP contribution in [0.5, 0.6) is 0 Å². The van der Waals surface area contributed by atoms with E-state index in [4.69, 9.17) is 0 Å². The number of amides is 1. The van der Waals surface area contributed by atoms with Crippen LogP contribution in [0.25, 0.3) is 10.9 Å². The van der Waals surface area contributed by atoms with Crippen LogP contribution in [-0.2, 0) is 4.79 Å². The number of para-hydroxylation sites is 1. The van der Waals surface area contributed by atoms with Crippen molar-refractivity contribution in [2.45, 2.75) is 6.92 Å². The number of hydrogen-bond donors (Lipinski definition) is 2. The number of pyridine rings is 1. The van der Waals surface area contributed by atoms with E-state index in [0.29, 0.717) is 5.92 Å². The number of halogens is 1. The fraction of sp³-hybridized carbons (Fsp3) is 0.333. The average molecular weight is 334 g/mol. The topological polar surface area (TPSA) is 54.0 Å². The van der Waals surface area contributed by atoms with Crippen LogP contribution >= 0.6 is 15.9 Å². The molecule has 0 aliphatic carbocycles. The Morgan fingerprint density at radius 1 is 1.50 bits per heavy atom. The summed E-state index contributed by atoms with van der Waals surface area (Å²) in [5.41, 5.74) is 1.60. The second kappa shape index (κ2) is 5.50. The highest BCUT2D eigenvalue weighted by Gasteiger charge is 2.28. The van der Waals surface area contributed by atoms with Gasteiger partial charge in [-0.15, -0.1) is 0 Å². The predicted molar refractivity (Wildman–Crippen MR) is 83.6 cm³/mol. The van der Waals surface area contributed by atoms with Crippen molar-refractivity contribution in [1.82, 2.24) is 10.3 Å². The molecule has 0 bridgehead atoms. The molecule has 1 atom stereocenters. The SMILES string of the molecule is CC(C(=O)Nc1cccc2cc(Br)cnc12)C1CNC1. The number of benzene rings is 1. The van der Waals surface area contributed by atoms with Crippen molar-refractivity contribution in [2.24, 2.45) is 11.8 Å². The van der Waals surface area contributed by atoms with E-state index in [-0.39, 0.29) is 11.8 Å². The van der Waals surface area contributed by atoms with Gasteiger partial charge in [0.2, 0.25) is 5.91 Å². The van der Waals surface area contributed by atoms with Crippen molar-refractivity contribution in [1.29, 1.82) is 0 Å². The molecule has 5 heteroatoms. The van der Waals surface area contributed by atoms with E-state index in [1.165, 1.54) is 0 Å². The summed E-state index contributed by atoms with van der Waals surface area (Å²) in [6, 6.07) is 7.81. The molecule has 104 valence electrons. The van der Waals surface area contributed by atoms with E-state index in [0.717, 1.165) is 34.2 Å². The van der Waals surface area contributed by atoms with Gasteiger partial charge in [0.1, 0.15) is 0 Å². The van der Waals surface area contributed by atoms with Gasteiger partial charge in [0.25, 0.3) is 0 Å². The zero-order valence-corrected chi connectivity index (χ0v) is 12.8. The molecule has 1 fully saturated rings.